The summed E-state index contributed by atoms with van der Waals surface area (Å²) >= 11 is 0. The number of rotatable bonds is 2. The Morgan fingerprint density at radius 2 is 1.94 bits per heavy atom. The van der Waals surface area contributed by atoms with Gasteiger partial charge in [-0.1, -0.05) is 30.3 Å². The van der Waals surface area contributed by atoms with Crippen molar-refractivity contribution >= 4 is 11.9 Å². The molecule has 4 heteroatoms. The molecule has 0 spiro atoms. The summed E-state index contributed by atoms with van der Waals surface area (Å²) < 4.78 is 0. The van der Waals surface area contributed by atoms with Crippen LogP contribution in [0.2, 0.25) is 0 Å². The predicted octanol–water partition coefficient (Wildman–Crippen LogP) is 1.31. The number of carboxylic acid groups (broad SMARTS) is 1. The van der Waals surface area contributed by atoms with Crippen LogP contribution in [-0.4, -0.2) is 23.5 Å². The van der Waals surface area contributed by atoms with E-state index in [9.17, 15) is 14.7 Å². The molecule has 0 aliphatic carbocycles. The Hall–Kier alpha value is -1.84. The maximum atomic E-state index is 11.6. The van der Waals surface area contributed by atoms with Crippen molar-refractivity contribution in [1.82, 2.24) is 5.32 Å². The highest BCUT2D eigenvalue weighted by atomic mass is 16.4. The summed E-state index contributed by atoms with van der Waals surface area (Å²) in [6.45, 7) is 0.417. The molecule has 0 aromatic heterocycles. The molecule has 2 rings (SSSR count). The maximum absolute atomic E-state index is 11.6. The van der Waals surface area contributed by atoms with E-state index in [1.807, 2.05) is 30.3 Å². The van der Waals surface area contributed by atoms with E-state index in [1.165, 1.54) is 0 Å². The molecule has 0 bridgehead atoms. The minimum absolute atomic E-state index is 0.0657. The second-order valence-corrected chi connectivity index (χ2v) is 4.35. The van der Waals surface area contributed by atoms with Gasteiger partial charge in [0.2, 0.25) is 5.91 Å². The zero-order valence-corrected chi connectivity index (χ0v) is 9.48. The molecule has 1 aromatic carbocycles. The highest BCUT2D eigenvalue weighted by Gasteiger charge is 2.41. The third-order valence-corrected chi connectivity index (χ3v) is 3.39. The van der Waals surface area contributed by atoms with E-state index in [0.717, 1.165) is 5.56 Å². The Morgan fingerprint density at radius 1 is 1.24 bits per heavy atom. The van der Waals surface area contributed by atoms with Gasteiger partial charge in [-0.25, -0.2) is 0 Å². The van der Waals surface area contributed by atoms with Gasteiger partial charge in [0.05, 0.1) is 5.41 Å². The van der Waals surface area contributed by atoms with Gasteiger partial charge < -0.3 is 10.4 Å². The van der Waals surface area contributed by atoms with Crippen molar-refractivity contribution in [2.24, 2.45) is 0 Å². The molecule has 1 heterocycles. The maximum Gasteiger partial charge on any atom is 0.314 e. The van der Waals surface area contributed by atoms with Crippen LogP contribution in [0.15, 0.2) is 30.3 Å². The Balaban J connectivity index is 2.39. The van der Waals surface area contributed by atoms with Crippen LogP contribution in [0.3, 0.4) is 0 Å². The van der Waals surface area contributed by atoms with Gasteiger partial charge in [0.15, 0.2) is 0 Å². The highest BCUT2D eigenvalue weighted by Crippen LogP contribution is 2.34. The van der Waals surface area contributed by atoms with Crippen LogP contribution < -0.4 is 5.32 Å². The third kappa shape index (κ3) is 2.16. The Labute approximate surface area is 99.6 Å². The summed E-state index contributed by atoms with van der Waals surface area (Å²) in [6.07, 6.45) is 1.07. The standard InChI is InChI=1S/C13H15NO3/c15-11-6-7-13(12(16)17,8-9-14-11)10-4-2-1-3-5-10/h1-5H,6-9H2,(H,14,15)(H,16,17). The molecular formula is C13H15NO3. The molecule has 2 N–H and O–H groups in total. The third-order valence-electron chi connectivity index (χ3n) is 3.39. The Kier molecular flexibility index (Phi) is 3.13. The fraction of sp³-hybridized carbons (Fsp3) is 0.385. The summed E-state index contributed by atoms with van der Waals surface area (Å²) in [5, 5.41) is 12.2. The van der Waals surface area contributed by atoms with Gasteiger partial charge in [-0.15, -0.1) is 0 Å². The van der Waals surface area contributed by atoms with Crippen molar-refractivity contribution < 1.29 is 14.7 Å². The molecule has 1 aliphatic rings. The lowest BCUT2D eigenvalue weighted by Gasteiger charge is -2.27. The van der Waals surface area contributed by atoms with Gasteiger partial charge in [-0.3, -0.25) is 9.59 Å². The first-order valence-electron chi connectivity index (χ1n) is 5.71. The predicted molar refractivity (Wildman–Crippen MR) is 62.6 cm³/mol. The number of carbonyl (C=O) groups is 2. The molecule has 1 atom stereocenters. The molecule has 17 heavy (non-hydrogen) atoms. The van der Waals surface area contributed by atoms with Crippen LogP contribution in [0.5, 0.6) is 0 Å². The van der Waals surface area contributed by atoms with Gasteiger partial charge in [-0.05, 0) is 18.4 Å². The fourth-order valence-corrected chi connectivity index (χ4v) is 2.34. The normalized spacial score (nSPS) is 24.8. The van der Waals surface area contributed by atoms with Gasteiger partial charge in [0.1, 0.15) is 0 Å². The van der Waals surface area contributed by atoms with Crippen LogP contribution in [0, 0.1) is 0 Å². The lowest BCUT2D eigenvalue weighted by Crippen LogP contribution is -2.36. The van der Waals surface area contributed by atoms with Crippen molar-refractivity contribution in [3.63, 3.8) is 0 Å². The lowest BCUT2D eigenvalue weighted by atomic mass is 9.74. The molecule has 1 aromatic rings. The second-order valence-electron chi connectivity index (χ2n) is 4.35. The monoisotopic (exact) mass is 233 g/mol. The quantitative estimate of drug-likeness (QED) is 0.809. The van der Waals surface area contributed by atoms with E-state index >= 15 is 0 Å². The molecule has 1 fully saturated rings. The van der Waals surface area contributed by atoms with Gasteiger partial charge in [0, 0.05) is 13.0 Å². The van der Waals surface area contributed by atoms with Gasteiger partial charge in [0.25, 0.3) is 0 Å². The minimum Gasteiger partial charge on any atom is -0.481 e. The van der Waals surface area contributed by atoms with Crippen LogP contribution in [0.4, 0.5) is 0 Å². The van der Waals surface area contributed by atoms with E-state index in [0.29, 0.717) is 19.4 Å². The van der Waals surface area contributed by atoms with E-state index in [-0.39, 0.29) is 12.3 Å². The number of hydrogen-bond acceptors (Lipinski definition) is 2. The second kappa shape index (κ2) is 4.57. The molecule has 1 unspecified atom stereocenters. The Bertz CT molecular complexity index is 430. The van der Waals surface area contributed by atoms with Crippen molar-refractivity contribution in [3.8, 4) is 0 Å². The number of carboxylic acids is 1. The summed E-state index contributed by atoms with van der Waals surface area (Å²) in [5.74, 6) is -0.913. The number of benzene rings is 1. The first-order chi connectivity index (χ1) is 8.15. The average molecular weight is 233 g/mol. The smallest absolute Gasteiger partial charge is 0.314 e. The number of hydrogen-bond donors (Lipinski definition) is 2. The van der Waals surface area contributed by atoms with E-state index in [2.05, 4.69) is 5.32 Å². The lowest BCUT2D eigenvalue weighted by molar-refractivity contribution is -0.144. The van der Waals surface area contributed by atoms with E-state index < -0.39 is 11.4 Å². The number of carbonyl (C=O) groups excluding carboxylic acids is 1. The van der Waals surface area contributed by atoms with Crippen LogP contribution in [0.25, 0.3) is 0 Å². The number of nitrogens with one attached hydrogen (secondary N) is 1. The van der Waals surface area contributed by atoms with Gasteiger partial charge >= 0.3 is 5.97 Å². The molecule has 1 saturated heterocycles. The van der Waals surface area contributed by atoms with E-state index in [1.54, 1.807) is 0 Å². The van der Waals surface area contributed by atoms with E-state index in [4.69, 9.17) is 0 Å². The largest absolute Gasteiger partial charge is 0.481 e. The Morgan fingerprint density at radius 3 is 2.59 bits per heavy atom. The first-order valence-corrected chi connectivity index (χ1v) is 5.71. The van der Waals surface area contributed by atoms with Crippen molar-refractivity contribution in [2.75, 3.05) is 6.54 Å². The molecule has 4 nitrogen and oxygen atoms in total. The molecule has 0 radical (unpaired) electrons. The summed E-state index contributed by atoms with van der Waals surface area (Å²) in [7, 11) is 0. The van der Waals surface area contributed by atoms with Crippen LogP contribution >= 0.6 is 0 Å². The zero-order chi connectivity index (χ0) is 12.3. The minimum atomic E-state index is -0.930. The number of amides is 1. The molecular weight excluding hydrogens is 218 g/mol. The zero-order valence-electron chi connectivity index (χ0n) is 9.48. The molecule has 1 amide bonds. The summed E-state index contributed by atoms with van der Waals surface area (Å²) in [4.78, 5) is 22.9. The average Bonchev–Trinajstić information content (AvgIpc) is 2.53. The van der Waals surface area contributed by atoms with Crippen molar-refractivity contribution in [2.45, 2.75) is 24.7 Å². The van der Waals surface area contributed by atoms with Gasteiger partial charge in [-0.2, -0.15) is 0 Å². The van der Waals surface area contributed by atoms with Crippen LogP contribution in [0.1, 0.15) is 24.8 Å². The first kappa shape index (κ1) is 11.6. The number of aliphatic carboxylic acids is 1. The summed E-state index contributed by atoms with van der Waals surface area (Å²) in [6, 6.07) is 9.17. The highest BCUT2D eigenvalue weighted by molar-refractivity contribution is 5.84. The molecule has 90 valence electrons. The van der Waals surface area contributed by atoms with Crippen molar-refractivity contribution in [1.29, 1.82) is 0 Å². The summed E-state index contributed by atoms with van der Waals surface area (Å²) in [5.41, 5.74) is -0.149. The SMILES string of the molecule is O=C1CCC(C(=O)O)(c2ccccc2)CCN1. The van der Waals surface area contributed by atoms with Crippen molar-refractivity contribution in [3.05, 3.63) is 35.9 Å². The fourth-order valence-electron chi connectivity index (χ4n) is 2.34. The topological polar surface area (TPSA) is 66.4 Å². The molecule has 0 saturated carbocycles. The van der Waals surface area contributed by atoms with Crippen LogP contribution in [-0.2, 0) is 15.0 Å². The molecule has 1 aliphatic heterocycles.